The van der Waals surface area contributed by atoms with Crippen LogP contribution in [-0.4, -0.2) is 11.2 Å². The van der Waals surface area contributed by atoms with E-state index in [-0.39, 0.29) is 6.42 Å². The van der Waals surface area contributed by atoms with Crippen molar-refractivity contribution in [2.45, 2.75) is 44.6 Å². The van der Waals surface area contributed by atoms with Gasteiger partial charge in [-0.15, -0.1) is 0 Å². The molecular weight excluding hydrogens is 222 g/mol. The molecule has 0 fully saturated rings. The highest BCUT2D eigenvalue weighted by atomic mass is 16.3. The summed E-state index contributed by atoms with van der Waals surface area (Å²) in [7, 11) is 0. The van der Waals surface area contributed by atoms with Crippen molar-refractivity contribution in [3.63, 3.8) is 0 Å². The molecule has 2 heteroatoms. The van der Waals surface area contributed by atoms with Gasteiger partial charge in [0.05, 0.1) is 18.6 Å². The molecule has 0 saturated heterocycles. The second kappa shape index (κ2) is 6.37. The van der Waals surface area contributed by atoms with Crippen LogP contribution in [0, 0.1) is 11.3 Å². The van der Waals surface area contributed by atoms with E-state index in [1.165, 1.54) is 36.8 Å². The molecule has 94 valence electrons. The van der Waals surface area contributed by atoms with E-state index in [9.17, 15) is 5.11 Å². The first-order chi connectivity index (χ1) is 8.79. The summed E-state index contributed by atoms with van der Waals surface area (Å²) < 4.78 is 0. The molecule has 1 aromatic rings. The third-order valence-electron chi connectivity index (χ3n) is 3.41. The van der Waals surface area contributed by atoms with Crippen molar-refractivity contribution < 1.29 is 5.11 Å². The summed E-state index contributed by atoms with van der Waals surface area (Å²) in [5.74, 6) is 0. The Morgan fingerprint density at radius 3 is 2.61 bits per heavy atom. The van der Waals surface area contributed by atoms with Gasteiger partial charge in [-0.3, -0.25) is 0 Å². The van der Waals surface area contributed by atoms with Crippen LogP contribution in [0.15, 0.2) is 30.3 Å². The zero-order valence-corrected chi connectivity index (χ0v) is 10.6. The lowest BCUT2D eigenvalue weighted by Gasteiger charge is -2.13. The molecule has 2 nitrogen and oxygen atoms in total. The van der Waals surface area contributed by atoms with Crippen LogP contribution < -0.4 is 0 Å². The topological polar surface area (TPSA) is 44.0 Å². The van der Waals surface area contributed by atoms with Gasteiger partial charge in [-0.25, -0.2) is 0 Å². The van der Waals surface area contributed by atoms with Crippen LogP contribution >= 0.6 is 0 Å². The molecule has 1 aliphatic rings. The van der Waals surface area contributed by atoms with Crippen molar-refractivity contribution in [2.24, 2.45) is 0 Å². The Balaban J connectivity index is 2.01. The molecule has 0 amide bonds. The Bertz CT molecular complexity index is 453. The lowest BCUT2D eigenvalue weighted by atomic mass is 9.93. The maximum atomic E-state index is 9.59. The van der Waals surface area contributed by atoms with Gasteiger partial charge >= 0.3 is 0 Å². The molecule has 1 aromatic carbocycles. The van der Waals surface area contributed by atoms with Crippen molar-refractivity contribution >= 4 is 5.57 Å². The van der Waals surface area contributed by atoms with Gasteiger partial charge < -0.3 is 5.11 Å². The minimum absolute atomic E-state index is 0.201. The largest absolute Gasteiger partial charge is 0.392 e. The zero-order chi connectivity index (χ0) is 12.8. The number of allylic oxidation sites excluding steroid dienone is 2. The van der Waals surface area contributed by atoms with E-state index in [0.29, 0.717) is 6.42 Å². The Labute approximate surface area is 109 Å². The maximum absolute atomic E-state index is 9.59. The monoisotopic (exact) mass is 241 g/mol. The normalized spacial score (nSPS) is 16.8. The van der Waals surface area contributed by atoms with Gasteiger partial charge in [0.2, 0.25) is 0 Å². The highest BCUT2D eigenvalue weighted by Gasteiger charge is 2.08. The summed E-state index contributed by atoms with van der Waals surface area (Å²) in [5.41, 5.74) is 3.84. The molecule has 18 heavy (non-hydrogen) atoms. The molecule has 0 unspecified atom stereocenters. The Morgan fingerprint density at radius 2 is 2.00 bits per heavy atom. The number of benzene rings is 1. The van der Waals surface area contributed by atoms with Crippen LogP contribution in [0.2, 0.25) is 0 Å². The minimum atomic E-state index is -0.547. The summed E-state index contributed by atoms with van der Waals surface area (Å²) in [6, 6.07) is 10.4. The van der Waals surface area contributed by atoms with Crippen molar-refractivity contribution in [1.82, 2.24) is 0 Å². The SMILES string of the molecule is N#CC[C@H](O)Cc1ccc(C2=CCCCC2)cc1. The van der Waals surface area contributed by atoms with Crippen molar-refractivity contribution in [3.8, 4) is 6.07 Å². The van der Waals surface area contributed by atoms with E-state index in [2.05, 4.69) is 30.3 Å². The van der Waals surface area contributed by atoms with Crippen molar-refractivity contribution in [2.75, 3.05) is 0 Å². The average molecular weight is 241 g/mol. The number of rotatable bonds is 4. The summed E-state index contributed by atoms with van der Waals surface area (Å²) >= 11 is 0. The van der Waals surface area contributed by atoms with Gasteiger partial charge in [-0.1, -0.05) is 30.3 Å². The maximum Gasteiger partial charge on any atom is 0.0710 e. The fourth-order valence-electron chi connectivity index (χ4n) is 2.40. The standard InChI is InChI=1S/C16H19NO/c17-11-10-16(18)12-13-6-8-15(9-7-13)14-4-2-1-3-5-14/h4,6-9,16,18H,1-3,5,10,12H2/t16-/m0/s1. The molecular formula is C16H19NO. The van der Waals surface area contributed by atoms with Crippen LogP contribution in [-0.2, 0) is 6.42 Å². The van der Waals surface area contributed by atoms with Crippen LogP contribution in [0.25, 0.3) is 5.57 Å². The predicted molar refractivity (Wildman–Crippen MR) is 72.8 cm³/mol. The number of nitriles is 1. The molecule has 1 aliphatic carbocycles. The predicted octanol–water partition coefficient (Wildman–Crippen LogP) is 3.46. The first-order valence-corrected chi connectivity index (χ1v) is 6.63. The zero-order valence-electron chi connectivity index (χ0n) is 10.6. The lowest BCUT2D eigenvalue weighted by Crippen LogP contribution is -2.09. The molecule has 1 N–H and O–H groups in total. The van der Waals surface area contributed by atoms with Crippen LogP contribution in [0.5, 0.6) is 0 Å². The number of aliphatic hydroxyl groups is 1. The van der Waals surface area contributed by atoms with Gasteiger partial charge in [0.15, 0.2) is 0 Å². The Kier molecular flexibility index (Phi) is 4.55. The summed E-state index contributed by atoms with van der Waals surface area (Å²) in [6.45, 7) is 0. The summed E-state index contributed by atoms with van der Waals surface area (Å²) in [4.78, 5) is 0. The molecule has 0 saturated carbocycles. The highest BCUT2D eigenvalue weighted by molar-refractivity contribution is 5.66. The molecule has 1 atom stereocenters. The molecule has 0 heterocycles. The first kappa shape index (κ1) is 12.9. The quantitative estimate of drug-likeness (QED) is 0.877. The molecule has 0 aromatic heterocycles. The van der Waals surface area contributed by atoms with Crippen molar-refractivity contribution in [3.05, 3.63) is 41.5 Å². The van der Waals surface area contributed by atoms with Gasteiger partial charge in [0, 0.05) is 0 Å². The third kappa shape index (κ3) is 3.45. The Hall–Kier alpha value is -1.59. The first-order valence-electron chi connectivity index (χ1n) is 6.63. The van der Waals surface area contributed by atoms with Gasteiger partial charge in [-0.2, -0.15) is 5.26 Å². The van der Waals surface area contributed by atoms with E-state index in [1.54, 1.807) is 0 Å². The van der Waals surface area contributed by atoms with Crippen LogP contribution in [0.1, 0.15) is 43.2 Å². The van der Waals surface area contributed by atoms with Gasteiger partial charge in [0.1, 0.15) is 0 Å². The fourth-order valence-corrected chi connectivity index (χ4v) is 2.40. The molecule has 0 aliphatic heterocycles. The van der Waals surface area contributed by atoms with E-state index in [4.69, 9.17) is 5.26 Å². The van der Waals surface area contributed by atoms with Gasteiger partial charge in [0.25, 0.3) is 0 Å². The van der Waals surface area contributed by atoms with E-state index >= 15 is 0 Å². The average Bonchev–Trinajstić information content (AvgIpc) is 2.41. The smallest absolute Gasteiger partial charge is 0.0710 e. The van der Waals surface area contributed by atoms with E-state index < -0.39 is 6.10 Å². The summed E-state index contributed by atoms with van der Waals surface area (Å²) in [6.07, 6.45) is 7.52. The molecule has 0 radical (unpaired) electrons. The molecule has 0 spiro atoms. The highest BCUT2D eigenvalue weighted by Crippen LogP contribution is 2.26. The third-order valence-corrected chi connectivity index (χ3v) is 3.41. The van der Waals surface area contributed by atoms with Crippen LogP contribution in [0.4, 0.5) is 0 Å². The lowest BCUT2D eigenvalue weighted by molar-refractivity contribution is 0.180. The number of nitrogens with zero attached hydrogens (tertiary/aromatic N) is 1. The Morgan fingerprint density at radius 1 is 1.22 bits per heavy atom. The number of hydrogen-bond donors (Lipinski definition) is 1. The number of hydrogen-bond acceptors (Lipinski definition) is 2. The van der Waals surface area contributed by atoms with E-state index in [0.717, 1.165) is 5.56 Å². The second-order valence-corrected chi connectivity index (χ2v) is 4.89. The number of aliphatic hydroxyl groups excluding tert-OH is 1. The van der Waals surface area contributed by atoms with Crippen molar-refractivity contribution in [1.29, 1.82) is 5.26 Å². The molecule has 0 bridgehead atoms. The fraction of sp³-hybridized carbons (Fsp3) is 0.438. The van der Waals surface area contributed by atoms with E-state index in [1.807, 2.05) is 6.07 Å². The second-order valence-electron chi connectivity index (χ2n) is 4.89. The molecule has 2 rings (SSSR count). The summed E-state index contributed by atoms with van der Waals surface area (Å²) in [5, 5.41) is 18.1. The van der Waals surface area contributed by atoms with Crippen LogP contribution in [0.3, 0.4) is 0 Å². The van der Waals surface area contributed by atoms with Gasteiger partial charge in [-0.05, 0) is 48.8 Å². The minimum Gasteiger partial charge on any atom is -0.392 e.